The summed E-state index contributed by atoms with van der Waals surface area (Å²) in [5.74, 6) is 3.30. The Balaban J connectivity index is 1.46. The molecule has 0 N–H and O–H groups in total. The molecule has 4 heterocycles. The van der Waals surface area contributed by atoms with Crippen molar-refractivity contribution >= 4 is 5.82 Å². The minimum atomic E-state index is 0.880. The van der Waals surface area contributed by atoms with Gasteiger partial charge in [-0.2, -0.15) is 0 Å². The molecule has 0 spiro atoms. The quantitative estimate of drug-likeness (QED) is 0.836. The molecule has 2 aliphatic heterocycles. The molecule has 0 bridgehead atoms. The Morgan fingerprint density at radius 2 is 1.73 bits per heavy atom. The maximum atomic E-state index is 5.90. The molecule has 1 fully saturated rings. The van der Waals surface area contributed by atoms with Crippen molar-refractivity contribution < 1.29 is 4.42 Å². The van der Waals surface area contributed by atoms with E-state index in [1.54, 1.807) is 6.33 Å². The molecule has 26 heavy (non-hydrogen) atoms. The van der Waals surface area contributed by atoms with Crippen LogP contribution in [-0.4, -0.2) is 66.1 Å². The Morgan fingerprint density at radius 3 is 2.50 bits per heavy atom. The smallest absolute Gasteiger partial charge is 0.135 e. The summed E-state index contributed by atoms with van der Waals surface area (Å²) >= 11 is 0. The minimum absolute atomic E-state index is 0.880. The maximum absolute atomic E-state index is 5.90. The van der Waals surface area contributed by atoms with Gasteiger partial charge >= 0.3 is 0 Å². The molecule has 140 valence electrons. The van der Waals surface area contributed by atoms with Crippen molar-refractivity contribution in [3.05, 3.63) is 41.2 Å². The number of fused-ring (bicyclic) bond motifs is 1. The Morgan fingerprint density at radius 1 is 0.962 bits per heavy atom. The van der Waals surface area contributed by atoms with Crippen LogP contribution < -0.4 is 4.90 Å². The van der Waals surface area contributed by atoms with Crippen LogP contribution in [0.3, 0.4) is 0 Å². The molecule has 0 saturated carbocycles. The fourth-order valence-electron chi connectivity index (χ4n) is 3.92. The van der Waals surface area contributed by atoms with Crippen molar-refractivity contribution in [2.75, 3.05) is 51.2 Å². The highest BCUT2D eigenvalue weighted by Gasteiger charge is 2.23. The average Bonchev–Trinajstić information content (AvgIpc) is 3.02. The van der Waals surface area contributed by atoms with Crippen LogP contribution in [-0.2, 0) is 25.8 Å². The predicted molar refractivity (Wildman–Crippen MR) is 103 cm³/mol. The highest BCUT2D eigenvalue weighted by molar-refractivity contribution is 5.49. The molecule has 0 unspecified atom stereocenters. The van der Waals surface area contributed by atoms with Crippen LogP contribution >= 0.6 is 0 Å². The van der Waals surface area contributed by atoms with Gasteiger partial charge < -0.3 is 14.2 Å². The zero-order valence-electron chi connectivity index (χ0n) is 15.9. The molecule has 6 heteroatoms. The van der Waals surface area contributed by atoms with E-state index in [0.29, 0.717) is 0 Å². The topological polar surface area (TPSA) is 48.6 Å². The monoisotopic (exact) mass is 355 g/mol. The largest absolute Gasteiger partial charge is 0.465 e. The van der Waals surface area contributed by atoms with Gasteiger partial charge in [0.15, 0.2) is 0 Å². The van der Waals surface area contributed by atoms with Crippen molar-refractivity contribution in [2.24, 2.45) is 0 Å². The molecule has 4 rings (SSSR count). The third-order valence-electron chi connectivity index (χ3n) is 5.60. The third-order valence-corrected chi connectivity index (χ3v) is 5.60. The molecule has 2 aromatic heterocycles. The third kappa shape index (κ3) is 3.76. The second kappa shape index (κ2) is 7.76. The van der Waals surface area contributed by atoms with Gasteiger partial charge in [-0.15, -0.1) is 0 Å². The first-order valence-corrected chi connectivity index (χ1v) is 9.79. The lowest BCUT2D eigenvalue weighted by atomic mass is 10.1. The molecule has 0 amide bonds. The van der Waals surface area contributed by atoms with E-state index in [2.05, 4.69) is 50.8 Å². The van der Waals surface area contributed by atoms with Gasteiger partial charge in [-0.25, -0.2) is 9.97 Å². The van der Waals surface area contributed by atoms with Crippen LogP contribution in [0.1, 0.15) is 29.7 Å². The summed E-state index contributed by atoms with van der Waals surface area (Å²) < 4.78 is 5.90. The van der Waals surface area contributed by atoms with E-state index in [9.17, 15) is 0 Å². The molecule has 0 aromatic carbocycles. The van der Waals surface area contributed by atoms with Gasteiger partial charge in [-0.05, 0) is 25.6 Å². The molecule has 0 radical (unpaired) electrons. The van der Waals surface area contributed by atoms with E-state index < -0.39 is 0 Å². The van der Waals surface area contributed by atoms with E-state index in [1.807, 2.05) is 0 Å². The number of furan rings is 1. The van der Waals surface area contributed by atoms with E-state index >= 15 is 0 Å². The number of rotatable bonds is 4. The summed E-state index contributed by atoms with van der Waals surface area (Å²) in [4.78, 5) is 16.6. The van der Waals surface area contributed by atoms with Crippen molar-refractivity contribution in [3.8, 4) is 0 Å². The fraction of sp³-hybridized carbons (Fsp3) is 0.600. The van der Waals surface area contributed by atoms with Crippen LogP contribution in [0.25, 0.3) is 0 Å². The summed E-state index contributed by atoms with van der Waals surface area (Å²) in [6, 6.07) is 4.21. The van der Waals surface area contributed by atoms with Crippen LogP contribution in [0, 0.1) is 0 Å². The lowest BCUT2D eigenvalue weighted by molar-refractivity contribution is 0.252. The van der Waals surface area contributed by atoms with E-state index in [-0.39, 0.29) is 0 Å². The number of anilines is 1. The molecule has 1 saturated heterocycles. The van der Waals surface area contributed by atoms with Gasteiger partial charge in [0, 0.05) is 57.7 Å². The van der Waals surface area contributed by atoms with Crippen molar-refractivity contribution in [2.45, 2.75) is 32.7 Å². The normalized spacial score (nSPS) is 19.4. The van der Waals surface area contributed by atoms with Crippen molar-refractivity contribution in [1.29, 1.82) is 0 Å². The zero-order chi connectivity index (χ0) is 17.9. The molecule has 2 aliphatic rings. The summed E-state index contributed by atoms with van der Waals surface area (Å²) in [7, 11) is 2.19. The number of aryl methyl sites for hydroxylation is 1. The zero-order valence-corrected chi connectivity index (χ0v) is 15.9. The van der Waals surface area contributed by atoms with E-state index in [1.165, 1.54) is 11.3 Å². The summed E-state index contributed by atoms with van der Waals surface area (Å²) in [5, 5.41) is 0. The molecule has 0 atom stereocenters. The number of likely N-dealkylation sites (N-methyl/N-ethyl adjacent to an activating group) is 1. The molecule has 2 aromatic rings. The first kappa shape index (κ1) is 17.5. The second-order valence-electron chi connectivity index (χ2n) is 7.41. The Hall–Kier alpha value is -1.92. The first-order chi connectivity index (χ1) is 12.7. The first-order valence-electron chi connectivity index (χ1n) is 9.79. The Kier molecular flexibility index (Phi) is 5.22. The Bertz CT molecular complexity index is 736. The van der Waals surface area contributed by atoms with Crippen LogP contribution in [0.2, 0.25) is 0 Å². The van der Waals surface area contributed by atoms with Gasteiger partial charge in [0.2, 0.25) is 0 Å². The van der Waals surface area contributed by atoms with Crippen LogP contribution in [0.5, 0.6) is 0 Å². The number of piperazine rings is 1. The highest BCUT2D eigenvalue weighted by atomic mass is 16.3. The highest BCUT2D eigenvalue weighted by Crippen LogP contribution is 2.25. The SMILES string of the molecule is CCc1ccc(CN2CCc3ncnc(N4CCN(C)CC4)c3CC2)o1. The van der Waals surface area contributed by atoms with Gasteiger partial charge in [0.05, 0.1) is 12.2 Å². The maximum Gasteiger partial charge on any atom is 0.135 e. The minimum Gasteiger partial charge on any atom is -0.465 e. The summed E-state index contributed by atoms with van der Waals surface area (Å²) in [5.41, 5.74) is 2.58. The Labute approximate surface area is 155 Å². The van der Waals surface area contributed by atoms with Crippen LogP contribution in [0.15, 0.2) is 22.9 Å². The standard InChI is InChI=1S/C20H29N5O/c1-3-16-4-5-17(26-16)14-24-8-6-18-19(7-9-24)21-15-22-20(18)25-12-10-23(2)11-13-25/h4-5,15H,3,6-14H2,1-2H3. The van der Waals surface area contributed by atoms with Crippen LogP contribution in [0.4, 0.5) is 5.82 Å². The fourth-order valence-corrected chi connectivity index (χ4v) is 3.92. The number of hydrogen-bond donors (Lipinski definition) is 0. The molecule has 6 nitrogen and oxygen atoms in total. The van der Waals surface area contributed by atoms with E-state index in [0.717, 1.165) is 82.4 Å². The average molecular weight is 355 g/mol. The summed E-state index contributed by atoms with van der Waals surface area (Å²) in [6.07, 6.45) is 4.71. The predicted octanol–water partition coefficient (Wildman–Crippen LogP) is 1.98. The lowest BCUT2D eigenvalue weighted by Crippen LogP contribution is -2.45. The van der Waals surface area contributed by atoms with E-state index in [4.69, 9.17) is 4.42 Å². The van der Waals surface area contributed by atoms with Crippen molar-refractivity contribution in [1.82, 2.24) is 19.8 Å². The van der Waals surface area contributed by atoms with Gasteiger partial charge in [0.1, 0.15) is 23.7 Å². The number of aromatic nitrogens is 2. The van der Waals surface area contributed by atoms with Gasteiger partial charge in [-0.3, -0.25) is 4.90 Å². The van der Waals surface area contributed by atoms with Crippen molar-refractivity contribution in [3.63, 3.8) is 0 Å². The number of hydrogen-bond acceptors (Lipinski definition) is 6. The van der Waals surface area contributed by atoms with Gasteiger partial charge in [-0.1, -0.05) is 6.92 Å². The van der Waals surface area contributed by atoms with Gasteiger partial charge in [0.25, 0.3) is 0 Å². The molecular formula is C20H29N5O. The molecule has 0 aliphatic carbocycles. The second-order valence-corrected chi connectivity index (χ2v) is 7.41. The number of nitrogens with zero attached hydrogens (tertiary/aromatic N) is 5. The lowest BCUT2D eigenvalue weighted by Gasteiger charge is -2.34. The summed E-state index contributed by atoms with van der Waals surface area (Å²) in [6.45, 7) is 9.37. The molecular weight excluding hydrogens is 326 g/mol.